The van der Waals surface area contributed by atoms with Crippen LogP contribution in [0.2, 0.25) is 0 Å². The number of anilines is 2. The lowest BCUT2D eigenvalue weighted by atomic mass is 10.1. The van der Waals surface area contributed by atoms with E-state index in [2.05, 4.69) is 39.5 Å². The van der Waals surface area contributed by atoms with Gasteiger partial charge in [-0.2, -0.15) is 0 Å². The molecule has 156 valence electrons. The number of benzene rings is 2. The number of morpholine rings is 1. The predicted octanol–water partition coefficient (Wildman–Crippen LogP) is 3.40. The molecule has 1 aliphatic rings. The van der Waals surface area contributed by atoms with Crippen molar-refractivity contribution >= 4 is 29.0 Å². The summed E-state index contributed by atoms with van der Waals surface area (Å²) in [5.41, 5.74) is 4.15. The number of aryl methyl sites for hydroxylation is 1. The number of carbonyl (C=O) groups excluding carboxylic acids is 1. The topological polar surface area (TPSA) is 72.3 Å². The molecule has 0 saturated carbocycles. The van der Waals surface area contributed by atoms with Crippen molar-refractivity contribution < 1.29 is 9.53 Å². The Morgan fingerprint density at radius 2 is 2.00 bits per heavy atom. The van der Waals surface area contributed by atoms with E-state index in [4.69, 9.17) is 4.74 Å². The molecule has 1 N–H and O–H groups in total. The number of nitrogens with zero attached hydrogens (tertiary/aromatic N) is 4. The van der Waals surface area contributed by atoms with Crippen LogP contribution in [0.4, 0.5) is 11.4 Å². The third-order valence-electron chi connectivity index (χ3n) is 4.99. The summed E-state index contributed by atoms with van der Waals surface area (Å²) in [5.74, 6) is 0.187. The summed E-state index contributed by atoms with van der Waals surface area (Å²) in [4.78, 5) is 14.8. The second kappa shape index (κ2) is 9.77. The molecule has 0 spiro atoms. The van der Waals surface area contributed by atoms with Crippen LogP contribution in [0.25, 0.3) is 5.69 Å². The number of para-hydroxylation sites is 1. The molecule has 1 aliphatic heterocycles. The second-order valence-electron chi connectivity index (χ2n) is 6.95. The van der Waals surface area contributed by atoms with Crippen molar-refractivity contribution in [3.8, 4) is 5.69 Å². The van der Waals surface area contributed by atoms with Crippen molar-refractivity contribution in [3.63, 3.8) is 0 Å². The molecule has 1 aromatic heterocycles. The van der Waals surface area contributed by atoms with Gasteiger partial charge in [0.05, 0.1) is 24.7 Å². The SMILES string of the molecule is CCc1ccccc1-n1cnnc1SCC(=O)Nc1cccc(N2CCOCC2)c1. The monoisotopic (exact) mass is 423 g/mol. The summed E-state index contributed by atoms with van der Waals surface area (Å²) in [6.07, 6.45) is 2.61. The number of carbonyl (C=O) groups is 1. The normalized spacial score (nSPS) is 14.0. The van der Waals surface area contributed by atoms with Crippen LogP contribution >= 0.6 is 11.8 Å². The third kappa shape index (κ3) is 4.83. The van der Waals surface area contributed by atoms with Gasteiger partial charge in [-0.25, -0.2) is 0 Å². The van der Waals surface area contributed by atoms with Gasteiger partial charge in [-0.3, -0.25) is 9.36 Å². The summed E-state index contributed by atoms with van der Waals surface area (Å²) in [7, 11) is 0. The molecule has 2 heterocycles. The maximum Gasteiger partial charge on any atom is 0.234 e. The molecule has 30 heavy (non-hydrogen) atoms. The molecular formula is C22H25N5O2S. The Balaban J connectivity index is 1.39. The Kier molecular flexibility index (Phi) is 6.66. The van der Waals surface area contributed by atoms with Crippen molar-refractivity contribution in [2.24, 2.45) is 0 Å². The first-order valence-corrected chi connectivity index (χ1v) is 11.1. The summed E-state index contributed by atoms with van der Waals surface area (Å²) < 4.78 is 7.35. The molecule has 4 rings (SSSR count). The van der Waals surface area contributed by atoms with Crippen LogP contribution in [-0.4, -0.2) is 52.7 Å². The van der Waals surface area contributed by atoms with Crippen LogP contribution < -0.4 is 10.2 Å². The van der Waals surface area contributed by atoms with E-state index in [9.17, 15) is 4.79 Å². The molecule has 1 fully saturated rings. The Bertz CT molecular complexity index is 1000. The van der Waals surface area contributed by atoms with Crippen molar-refractivity contribution in [2.45, 2.75) is 18.5 Å². The zero-order chi connectivity index (χ0) is 20.8. The maximum atomic E-state index is 12.5. The van der Waals surface area contributed by atoms with Gasteiger partial charge in [0, 0.05) is 24.5 Å². The van der Waals surface area contributed by atoms with E-state index in [1.807, 2.05) is 41.0 Å². The standard InChI is InChI=1S/C22H25N5O2S/c1-2-17-6-3-4-9-20(17)27-16-23-25-22(27)30-15-21(28)24-18-7-5-8-19(14-18)26-10-12-29-13-11-26/h3-9,14,16H,2,10-13,15H2,1H3,(H,24,28). The maximum absolute atomic E-state index is 12.5. The zero-order valence-corrected chi connectivity index (χ0v) is 17.8. The summed E-state index contributed by atoms with van der Waals surface area (Å²) in [5, 5.41) is 11.9. The fourth-order valence-corrected chi connectivity index (χ4v) is 4.18. The van der Waals surface area contributed by atoms with Gasteiger partial charge >= 0.3 is 0 Å². The quantitative estimate of drug-likeness (QED) is 0.588. The van der Waals surface area contributed by atoms with E-state index >= 15 is 0 Å². The second-order valence-corrected chi connectivity index (χ2v) is 7.89. The van der Waals surface area contributed by atoms with Crippen molar-refractivity contribution in [1.29, 1.82) is 0 Å². The highest BCUT2D eigenvalue weighted by Crippen LogP contribution is 2.24. The minimum absolute atomic E-state index is 0.0718. The number of nitrogens with one attached hydrogen (secondary N) is 1. The molecule has 7 nitrogen and oxygen atoms in total. The molecule has 0 bridgehead atoms. The first-order valence-electron chi connectivity index (χ1n) is 10.1. The number of hydrogen-bond donors (Lipinski definition) is 1. The minimum atomic E-state index is -0.0718. The number of amides is 1. The fourth-order valence-electron chi connectivity index (χ4n) is 3.46. The highest BCUT2D eigenvalue weighted by Gasteiger charge is 2.14. The lowest BCUT2D eigenvalue weighted by Gasteiger charge is -2.29. The lowest BCUT2D eigenvalue weighted by molar-refractivity contribution is -0.113. The van der Waals surface area contributed by atoms with Crippen molar-refractivity contribution in [2.75, 3.05) is 42.3 Å². The largest absolute Gasteiger partial charge is 0.378 e. The Morgan fingerprint density at radius 3 is 2.83 bits per heavy atom. The van der Waals surface area contributed by atoms with Crippen molar-refractivity contribution in [1.82, 2.24) is 14.8 Å². The number of ether oxygens (including phenoxy) is 1. The van der Waals surface area contributed by atoms with Crippen LogP contribution in [-0.2, 0) is 16.0 Å². The average molecular weight is 424 g/mol. The highest BCUT2D eigenvalue weighted by atomic mass is 32.2. The van der Waals surface area contributed by atoms with E-state index in [0.29, 0.717) is 5.16 Å². The summed E-state index contributed by atoms with van der Waals surface area (Å²) in [6.45, 7) is 5.31. The van der Waals surface area contributed by atoms with Crippen LogP contribution in [0, 0.1) is 0 Å². The molecular weight excluding hydrogens is 398 g/mol. The predicted molar refractivity (Wildman–Crippen MR) is 120 cm³/mol. The molecule has 3 aromatic rings. The summed E-state index contributed by atoms with van der Waals surface area (Å²) in [6, 6.07) is 16.1. The lowest BCUT2D eigenvalue weighted by Crippen LogP contribution is -2.36. The smallest absolute Gasteiger partial charge is 0.234 e. The van der Waals surface area contributed by atoms with Gasteiger partial charge in [0.15, 0.2) is 5.16 Å². The van der Waals surface area contributed by atoms with E-state index in [1.165, 1.54) is 17.3 Å². The minimum Gasteiger partial charge on any atom is -0.378 e. The Hall–Kier alpha value is -2.84. The van der Waals surface area contributed by atoms with Crippen LogP contribution in [0.15, 0.2) is 60.0 Å². The van der Waals surface area contributed by atoms with Gasteiger partial charge in [-0.05, 0) is 36.2 Å². The highest BCUT2D eigenvalue weighted by molar-refractivity contribution is 7.99. The molecule has 1 saturated heterocycles. The van der Waals surface area contributed by atoms with Gasteiger partial charge in [0.1, 0.15) is 6.33 Å². The number of rotatable bonds is 7. The van der Waals surface area contributed by atoms with E-state index < -0.39 is 0 Å². The molecule has 0 atom stereocenters. The van der Waals surface area contributed by atoms with Gasteiger partial charge in [0.2, 0.25) is 5.91 Å². The first-order chi connectivity index (χ1) is 14.7. The number of thioether (sulfide) groups is 1. The van der Waals surface area contributed by atoms with E-state index in [-0.39, 0.29) is 11.7 Å². The summed E-state index contributed by atoms with van der Waals surface area (Å²) >= 11 is 1.38. The molecule has 0 aliphatic carbocycles. The molecule has 0 unspecified atom stereocenters. The number of aromatic nitrogens is 3. The van der Waals surface area contributed by atoms with Gasteiger partial charge in [-0.15, -0.1) is 10.2 Å². The third-order valence-corrected chi connectivity index (χ3v) is 5.93. The van der Waals surface area contributed by atoms with Gasteiger partial charge in [-0.1, -0.05) is 43.0 Å². The van der Waals surface area contributed by atoms with Crippen molar-refractivity contribution in [3.05, 3.63) is 60.4 Å². The first kappa shape index (κ1) is 20.4. The Morgan fingerprint density at radius 1 is 1.17 bits per heavy atom. The van der Waals surface area contributed by atoms with E-state index in [0.717, 1.165) is 49.8 Å². The molecule has 0 radical (unpaired) electrons. The molecule has 8 heteroatoms. The number of hydrogen-bond acceptors (Lipinski definition) is 6. The van der Waals surface area contributed by atoms with Crippen LogP contribution in [0.5, 0.6) is 0 Å². The Labute approximate surface area is 180 Å². The zero-order valence-electron chi connectivity index (χ0n) is 17.0. The van der Waals surface area contributed by atoms with E-state index in [1.54, 1.807) is 6.33 Å². The van der Waals surface area contributed by atoms with Gasteiger partial charge in [0.25, 0.3) is 0 Å². The van der Waals surface area contributed by atoms with Crippen LogP contribution in [0.3, 0.4) is 0 Å². The molecule has 1 amide bonds. The van der Waals surface area contributed by atoms with Crippen LogP contribution in [0.1, 0.15) is 12.5 Å². The fraction of sp³-hybridized carbons (Fsp3) is 0.318. The molecule has 2 aromatic carbocycles. The average Bonchev–Trinajstić information content (AvgIpc) is 3.27. The van der Waals surface area contributed by atoms with Gasteiger partial charge < -0.3 is 15.0 Å².